The molecule has 0 aliphatic heterocycles. The number of hydrogen-bond donors (Lipinski definition) is 1. The van der Waals surface area contributed by atoms with Crippen LogP contribution in [0.5, 0.6) is 0 Å². The summed E-state index contributed by atoms with van der Waals surface area (Å²) in [7, 11) is 0. The molecule has 1 atom stereocenters. The molecule has 2 heterocycles. The van der Waals surface area contributed by atoms with E-state index in [1.54, 1.807) is 11.3 Å². The van der Waals surface area contributed by atoms with Crippen LogP contribution in [-0.2, 0) is 11.3 Å². The number of carbonyl (C=O) groups excluding carboxylic acids is 1. The third-order valence-electron chi connectivity index (χ3n) is 4.39. The lowest BCUT2D eigenvalue weighted by molar-refractivity contribution is -0.122. The van der Waals surface area contributed by atoms with Crippen LogP contribution < -0.4 is 5.32 Å². The quantitative estimate of drug-likeness (QED) is 0.547. The number of nitrogens with zero attached hydrogens (tertiary/aromatic N) is 4. The van der Waals surface area contributed by atoms with Crippen LogP contribution in [-0.4, -0.2) is 26.1 Å². The summed E-state index contributed by atoms with van der Waals surface area (Å²) in [6.07, 6.45) is 0. The average molecular weight is 389 g/mol. The van der Waals surface area contributed by atoms with Crippen molar-refractivity contribution in [3.63, 3.8) is 0 Å². The van der Waals surface area contributed by atoms with Gasteiger partial charge in [0, 0.05) is 10.4 Å². The van der Waals surface area contributed by atoms with E-state index in [0.29, 0.717) is 5.82 Å². The van der Waals surface area contributed by atoms with E-state index in [1.165, 1.54) is 4.80 Å². The van der Waals surface area contributed by atoms with Gasteiger partial charge in [-0.3, -0.25) is 4.79 Å². The van der Waals surface area contributed by atoms with E-state index in [-0.39, 0.29) is 18.5 Å². The van der Waals surface area contributed by atoms with Crippen molar-refractivity contribution in [3.05, 3.63) is 88.1 Å². The first-order chi connectivity index (χ1) is 13.7. The first kappa shape index (κ1) is 18.1. The Morgan fingerprint density at radius 3 is 2.61 bits per heavy atom. The molecule has 1 N–H and O–H groups in total. The van der Waals surface area contributed by atoms with E-state index < -0.39 is 0 Å². The summed E-state index contributed by atoms with van der Waals surface area (Å²) >= 11 is 1.61. The summed E-state index contributed by atoms with van der Waals surface area (Å²) in [4.78, 5) is 15.1. The maximum absolute atomic E-state index is 12.7. The Bertz CT molecular complexity index is 1060. The zero-order chi connectivity index (χ0) is 19.3. The van der Waals surface area contributed by atoms with E-state index in [2.05, 4.69) is 20.7 Å². The molecule has 0 saturated heterocycles. The molecule has 6 nitrogen and oxygen atoms in total. The second-order valence-corrected chi connectivity index (χ2v) is 7.36. The molecule has 28 heavy (non-hydrogen) atoms. The molecule has 0 spiro atoms. The van der Waals surface area contributed by atoms with Crippen molar-refractivity contribution >= 4 is 17.2 Å². The van der Waals surface area contributed by atoms with Gasteiger partial charge in [0.05, 0.1) is 6.04 Å². The van der Waals surface area contributed by atoms with Gasteiger partial charge in [-0.15, -0.1) is 21.5 Å². The summed E-state index contributed by atoms with van der Waals surface area (Å²) in [5.74, 6) is 0.347. The van der Waals surface area contributed by atoms with Crippen molar-refractivity contribution in [1.29, 1.82) is 0 Å². The van der Waals surface area contributed by atoms with Crippen LogP contribution in [0.3, 0.4) is 0 Å². The monoisotopic (exact) mass is 389 g/mol. The summed E-state index contributed by atoms with van der Waals surface area (Å²) < 4.78 is 0. The SMILES string of the molecule is Cc1ccccc1-c1nnn(CC(=O)N[C@H](c2ccccc2)c2cccs2)n1. The number of carbonyl (C=O) groups is 1. The van der Waals surface area contributed by atoms with Crippen molar-refractivity contribution in [1.82, 2.24) is 25.5 Å². The minimum atomic E-state index is -0.201. The highest BCUT2D eigenvalue weighted by atomic mass is 32.1. The van der Waals surface area contributed by atoms with Gasteiger partial charge in [0.1, 0.15) is 6.54 Å². The molecule has 2 aromatic heterocycles. The Hall–Kier alpha value is -3.32. The van der Waals surface area contributed by atoms with Crippen LogP contribution in [0.2, 0.25) is 0 Å². The number of rotatable bonds is 6. The number of amides is 1. The smallest absolute Gasteiger partial charge is 0.244 e. The molecule has 4 rings (SSSR count). The molecule has 0 unspecified atom stereocenters. The molecule has 4 aromatic rings. The molecule has 1 amide bonds. The van der Waals surface area contributed by atoms with Crippen LogP contribution in [0.4, 0.5) is 0 Å². The van der Waals surface area contributed by atoms with Crippen LogP contribution >= 0.6 is 11.3 Å². The minimum Gasteiger partial charge on any atom is -0.343 e. The van der Waals surface area contributed by atoms with Crippen LogP contribution in [0.15, 0.2) is 72.1 Å². The van der Waals surface area contributed by atoms with Crippen molar-refractivity contribution in [2.24, 2.45) is 0 Å². The first-order valence-electron chi connectivity index (χ1n) is 8.92. The van der Waals surface area contributed by atoms with Crippen LogP contribution in [0, 0.1) is 6.92 Å². The standard InChI is InChI=1S/C21H19N5OS/c1-15-8-5-6-11-17(15)21-23-25-26(24-21)14-19(27)22-20(18-12-7-13-28-18)16-9-3-2-4-10-16/h2-13,20H,14H2,1H3,(H,22,27)/t20-/m1/s1. The Morgan fingerprint density at radius 2 is 1.86 bits per heavy atom. The predicted molar refractivity (Wildman–Crippen MR) is 109 cm³/mol. The molecule has 0 aliphatic carbocycles. The molecule has 7 heteroatoms. The highest BCUT2D eigenvalue weighted by Gasteiger charge is 2.19. The Balaban J connectivity index is 1.50. The fourth-order valence-electron chi connectivity index (χ4n) is 3.00. The summed E-state index contributed by atoms with van der Waals surface area (Å²) in [5, 5.41) is 17.6. The number of thiophene rings is 1. The fraction of sp³-hybridized carbons (Fsp3) is 0.143. The van der Waals surface area contributed by atoms with E-state index in [0.717, 1.165) is 21.6 Å². The van der Waals surface area contributed by atoms with Crippen molar-refractivity contribution < 1.29 is 4.79 Å². The van der Waals surface area contributed by atoms with Crippen LogP contribution in [0.1, 0.15) is 22.0 Å². The maximum atomic E-state index is 12.7. The second kappa shape index (κ2) is 8.14. The Labute approximate surface area is 166 Å². The Kier molecular flexibility index (Phi) is 5.25. The predicted octanol–water partition coefficient (Wildman–Crippen LogP) is 3.62. The molecule has 0 aliphatic rings. The van der Waals surface area contributed by atoms with Gasteiger partial charge in [0.2, 0.25) is 11.7 Å². The summed E-state index contributed by atoms with van der Waals surface area (Å²) in [6, 6.07) is 21.5. The van der Waals surface area contributed by atoms with Gasteiger partial charge in [-0.2, -0.15) is 4.80 Å². The summed E-state index contributed by atoms with van der Waals surface area (Å²) in [5.41, 5.74) is 3.01. The number of benzene rings is 2. The van der Waals surface area contributed by atoms with Gasteiger partial charge in [-0.25, -0.2) is 0 Å². The first-order valence-corrected chi connectivity index (χ1v) is 9.80. The van der Waals surface area contributed by atoms with Gasteiger partial charge in [-0.1, -0.05) is 60.7 Å². The van der Waals surface area contributed by atoms with Crippen LogP contribution in [0.25, 0.3) is 11.4 Å². The highest BCUT2D eigenvalue weighted by molar-refractivity contribution is 7.10. The topological polar surface area (TPSA) is 72.7 Å². The van der Waals surface area contributed by atoms with Gasteiger partial charge in [0.25, 0.3) is 0 Å². The number of aromatic nitrogens is 4. The fourth-order valence-corrected chi connectivity index (χ4v) is 3.80. The number of nitrogens with one attached hydrogen (secondary N) is 1. The lowest BCUT2D eigenvalue weighted by Gasteiger charge is -2.17. The third-order valence-corrected chi connectivity index (χ3v) is 5.33. The largest absolute Gasteiger partial charge is 0.343 e. The Morgan fingerprint density at radius 1 is 1.07 bits per heavy atom. The number of tetrazole rings is 1. The average Bonchev–Trinajstić information content (AvgIpc) is 3.39. The normalized spacial score (nSPS) is 11.9. The molecular formula is C21H19N5OS. The summed E-state index contributed by atoms with van der Waals surface area (Å²) in [6.45, 7) is 2.00. The van der Waals surface area contributed by atoms with E-state index in [4.69, 9.17) is 0 Å². The lowest BCUT2D eigenvalue weighted by atomic mass is 10.1. The molecule has 0 radical (unpaired) electrons. The molecule has 0 saturated carbocycles. The van der Waals surface area contributed by atoms with E-state index >= 15 is 0 Å². The minimum absolute atomic E-state index is 0.00753. The highest BCUT2D eigenvalue weighted by Crippen LogP contribution is 2.26. The maximum Gasteiger partial charge on any atom is 0.244 e. The zero-order valence-corrected chi connectivity index (χ0v) is 16.1. The number of aryl methyl sites for hydroxylation is 1. The van der Waals surface area contributed by atoms with Gasteiger partial charge >= 0.3 is 0 Å². The van der Waals surface area contributed by atoms with Gasteiger partial charge in [-0.05, 0) is 34.7 Å². The molecular weight excluding hydrogens is 370 g/mol. The molecule has 0 fully saturated rings. The number of hydrogen-bond acceptors (Lipinski definition) is 5. The van der Waals surface area contributed by atoms with Gasteiger partial charge in [0.15, 0.2) is 0 Å². The third kappa shape index (κ3) is 3.99. The van der Waals surface area contributed by atoms with E-state index in [9.17, 15) is 4.79 Å². The van der Waals surface area contributed by atoms with E-state index in [1.807, 2.05) is 79.0 Å². The lowest BCUT2D eigenvalue weighted by Crippen LogP contribution is -2.32. The zero-order valence-electron chi connectivity index (χ0n) is 15.3. The molecule has 140 valence electrons. The van der Waals surface area contributed by atoms with Crippen molar-refractivity contribution in [2.45, 2.75) is 19.5 Å². The second-order valence-electron chi connectivity index (χ2n) is 6.38. The van der Waals surface area contributed by atoms with Crippen molar-refractivity contribution in [3.8, 4) is 11.4 Å². The van der Waals surface area contributed by atoms with Crippen molar-refractivity contribution in [2.75, 3.05) is 0 Å². The van der Waals surface area contributed by atoms with Gasteiger partial charge < -0.3 is 5.32 Å². The molecule has 0 bridgehead atoms. The molecule has 2 aromatic carbocycles.